The number of hydrogen-bond donors (Lipinski definition) is 1. The molecule has 0 aliphatic carbocycles. The zero-order chi connectivity index (χ0) is 13.6. The number of nitrogen functional groups attached to an aromatic ring is 1. The second-order valence-electron chi connectivity index (χ2n) is 4.97. The van der Waals surface area contributed by atoms with E-state index in [1.807, 2.05) is 0 Å². The summed E-state index contributed by atoms with van der Waals surface area (Å²) in [4.78, 5) is 2.28. The third-order valence-corrected chi connectivity index (χ3v) is 6.52. The van der Waals surface area contributed by atoms with Crippen molar-refractivity contribution in [1.82, 2.24) is 4.37 Å². The van der Waals surface area contributed by atoms with Crippen LogP contribution in [0.25, 0.3) is 0 Å². The lowest BCUT2D eigenvalue weighted by Gasteiger charge is -2.33. The Balaban J connectivity index is 1.98. The van der Waals surface area contributed by atoms with E-state index in [1.165, 1.54) is 11.5 Å². The molecule has 19 heavy (non-hydrogen) atoms. The molecule has 2 saturated heterocycles. The summed E-state index contributed by atoms with van der Waals surface area (Å²) < 4.78 is 34.1. The van der Waals surface area contributed by atoms with Gasteiger partial charge in [0, 0.05) is 13.1 Å². The summed E-state index contributed by atoms with van der Waals surface area (Å²) in [7, 11) is -3.34. The van der Waals surface area contributed by atoms with Gasteiger partial charge in [-0.15, -0.1) is 0 Å². The molecule has 2 N–H and O–H groups in total. The Labute approximate surface area is 116 Å². The van der Waals surface area contributed by atoms with Crippen molar-refractivity contribution in [2.45, 2.75) is 36.9 Å². The summed E-state index contributed by atoms with van der Waals surface area (Å²) in [6.45, 7) is 3.08. The number of hydrogen-bond acceptors (Lipinski definition) is 7. The lowest BCUT2D eigenvalue weighted by atomic mass is 10.2. The smallest absolute Gasteiger partial charge is 0.184 e. The molecule has 2 atom stereocenters. The maximum absolute atomic E-state index is 12.2. The van der Waals surface area contributed by atoms with E-state index in [4.69, 9.17) is 10.5 Å². The van der Waals surface area contributed by atoms with Gasteiger partial charge in [0.1, 0.15) is 9.90 Å². The van der Waals surface area contributed by atoms with Crippen LogP contribution in [-0.4, -0.2) is 43.8 Å². The number of sulfone groups is 1. The van der Waals surface area contributed by atoms with E-state index >= 15 is 0 Å². The molecule has 2 bridgehead atoms. The van der Waals surface area contributed by atoms with E-state index in [0.717, 1.165) is 25.9 Å². The van der Waals surface area contributed by atoms with E-state index in [1.54, 1.807) is 6.92 Å². The van der Waals surface area contributed by atoms with Crippen molar-refractivity contribution in [3.8, 4) is 0 Å². The van der Waals surface area contributed by atoms with Gasteiger partial charge in [-0.05, 0) is 24.4 Å². The van der Waals surface area contributed by atoms with Gasteiger partial charge in [0.25, 0.3) is 0 Å². The number of nitrogens with zero attached hydrogens (tertiary/aromatic N) is 2. The third-order valence-electron chi connectivity index (χ3n) is 3.68. The minimum Gasteiger partial charge on any atom is -0.382 e. The molecule has 2 fully saturated rings. The Hall–Kier alpha value is -0.860. The van der Waals surface area contributed by atoms with Crippen molar-refractivity contribution in [2.75, 3.05) is 29.5 Å². The molecule has 2 unspecified atom stereocenters. The van der Waals surface area contributed by atoms with Crippen LogP contribution in [0.15, 0.2) is 4.90 Å². The predicted molar refractivity (Wildman–Crippen MR) is 74.4 cm³/mol. The Bertz CT molecular complexity index is 572. The van der Waals surface area contributed by atoms with Crippen molar-refractivity contribution < 1.29 is 13.2 Å². The van der Waals surface area contributed by atoms with Crippen LogP contribution in [0.5, 0.6) is 0 Å². The summed E-state index contributed by atoms with van der Waals surface area (Å²) in [6.07, 6.45) is 2.51. The molecule has 1 aromatic heterocycles. The molecule has 0 aromatic carbocycles. The van der Waals surface area contributed by atoms with Crippen molar-refractivity contribution in [3.63, 3.8) is 0 Å². The standard InChI is InChI=1S/C11H17N3O3S2/c1-2-19(15,16)9-10(12)13-18-11(9)14-5-7-3-4-8(6-14)17-7/h7-8H,2-6H2,1H3,(H2,12,13). The Morgan fingerprint density at radius 2 is 2.05 bits per heavy atom. The zero-order valence-corrected chi connectivity index (χ0v) is 12.3. The second-order valence-corrected chi connectivity index (χ2v) is 7.93. The fraction of sp³-hybridized carbons (Fsp3) is 0.727. The highest BCUT2D eigenvalue weighted by molar-refractivity contribution is 7.91. The Morgan fingerprint density at radius 1 is 1.42 bits per heavy atom. The lowest BCUT2D eigenvalue weighted by Crippen LogP contribution is -2.42. The number of anilines is 2. The minimum atomic E-state index is -3.34. The minimum absolute atomic E-state index is 0.0415. The van der Waals surface area contributed by atoms with Gasteiger partial charge >= 0.3 is 0 Å². The number of aromatic nitrogens is 1. The fourth-order valence-corrected chi connectivity index (χ4v) is 5.03. The molecule has 3 heterocycles. The first kappa shape index (κ1) is 13.1. The first-order valence-corrected chi connectivity index (χ1v) is 8.82. The van der Waals surface area contributed by atoms with Crippen LogP contribution in [-0.2, 0) is 14.6 Å². The quantitative estimate of drug-likeness (QED) is 0.892. The maximum Gasteiger partial charge on any atom is 0.184 e. The van der Waals surface area contributed by atoms with Crippen LogP contribution in [0, 0.1) is 0 Å². The lowest BCUT2D eigenvalue weighted by molar-refractivity contribution is 0.0306. The molecule has 6 nitrogen and oxygen atoms in total. The number of fused-ring (bicyclic) bond motifs is 2. The summed E-state index contributed by atoms with van der Waals surface area (Å²) >= 11 is 1.17. The van der Waals surface area contributed by atoms with E-state index < -0.39 is 9.84 Å². The van der Waals surface area contributed by atoms with Crippen LogP contribution in [0.1, 0.15) is 19.8 Å². The van der Waals surface area contributed by atoms with E-state index in [0.29, 0.717) is 5.00 Å². The SMILES string of the molecule is CCS(=O)(=O)c1c(N)nsc1N1CC2CCC(C1)O2. The number of morpholine rings is 1. The first-order valence-electron chi connectivity index (χ1n) is 6.39. The topological polar surface area (TPSA) is 85.5 Å². The molecule has 0 radical (unpaired) electrons. The Morgan fingerprint density at radius 3 is 2.63 bits per heavy atom. The normalized spacial score (nSPS) is 26.9. The van der Waals surface area contributed by atoms with Gasteiger partial charge in [-0.1, -0.05) is 6.92 Å². The van der Waals surface area contributed by atoms with E-state index in [9.17, 15) is 8.42 Å². The summed E-state index contributed by atoms with van der Waals surface area (Å²) in [6, 6.07) is 0. The van der Waals surface area contributed by atoms with Gasteiger partial charge < -0.3 is 15.4 Å². The predicted octanol–water partition coefficient (Wildman–Crippen LogP) is 0.887. The van der Waals surface area contributed by atoms with Crippen molar-refractivity contribution in [3.05, 3.63) is 0 Å². The van der Waals surface area contributed by atoms with E-state index in [2.05, 4.69) is 9.27 Å². The van der Waals surface area contributed by atoms with Crippen LogP contribution in [0.3, 0.4) is 0 Å². The molecule has 2 aliphatic heterocycles. The molecule has 0 amide bonds. The van der Waals surface area contributed by atoms with Gasteiger partial charge in [0.15, 0.2) is 15.7 Å². The highest BCUT2D eigenvalue weighted by Crippen LogP contribution is 2.38. The highest BCUT2D eigenvalue weighted by Gasteiger charge is 2.37. The van der Waals surface area contributed by atoms with Crippen LogP contribution in [0.4, 0.5) is 10.8 Å². The van der Waals surface area contributed by atoms with Gasteiger partial charge in [0.2, 0.25) is 0 Å². The molecule has 8 heteroatoms. The average molecular weight is 303 g/mol. The molecule has 2 aliphatic rings. The Kier molecular flexibility index (Phi) is 3.18. The average Bonchev–Trinajstić information content (AvgIpc) is 2.93. The number of nitrogens with two attached hydrogens (primary N) is 1. The molecule has 3 rings (SSSR count). The number of rotatable bonds is 3. The second kappa shape index (κ2) is 4.60. The third kappa shape index (κ3) is 2.21. The molecule has 0 saturated carbocycles. The van der Waals surface area contributed by atoms with Gasteiger partial charge in [0.05, 0.1) is 18.0 Å². The maximum atomic E-state index is 12.2. The van der Waals surface area contributed by atoms with E-state index in [-0.39, 0.29) is 28.7 Å². The van der Waals surface area contributed by atoms with Crippen molar-refractivity contribution >= 4 is 32.2 Å². The van der Waals surface area contributed by atoms with Crippen molar-refractivity contribution in [2.24, 2.45) is 0 Å². The summed E-state index contributed by atoms with van der Waals surface area (Å²) in [5.41, 5.74) is 5.76. The molecular formula is C11H17N3O3S2. The van der Waals surface area contributed by atoms with Gasteiger partial charge in [-0.2, -0.15) is 4.37 Å². The van der Waals surface area contributed by atoms with Crippen LogP contribution < -0.4 is 10.6 Å². The summed E-state index contributed by atoms with van der Waals surface area (Å²) in [5, 5.41) is 0.680. The highest BCUT2D eigenvalue weighted by atomic mass is 32.2. The first-order chi connectivity index (χ1) is 9.01. The molecule has 1 aromatic rings. The van der Waals surface area contributed by atoms with Crippen molar-refractivity contribution in [1.29, 1.82) is 0 Å². The molecule has 106 valence electrons. The van der Waals surface area contributed by atoms with Crippen LogP contribution >= 0.6 is 11.5 Å². The fourth-order valence-electron chi connectivity index (χ4n) is 2.70. The molecule has 0 spiro atoms. The van der Waals surface area contributed by atoms with Gasteiger partial charge in [-0.25, -0.2) is 8.42 Å². The summed E-state index contributed by atoms with van der Waals surface area (Å²) in [5.74, 6) is 0.167. The zero-order valence-electron chi connectivity index (χ0n) is 10.7. The number of ether oxygens (including phenoxy) is 1. The van der Waals surface area contributed by atoms with Gasteiger partial charge in [-0.3, -0.25) is 0 Å². The molecular weight excluding hydrogens is 286 g/mol. The largest absolute Gasteiger partial charge is 0.382 e. The van der Waals surface area contributed by atoms with Crippen LogP contribution in [0.2, 0.25) is 0 Å². The monoisotopic (exact) mass is 303 g/mol.